The first-order chi connectivity index (χ1) is 12.3. The topological polar surface area (TPSA) is 27.7 Å². The van der Waals surface area contributed by atoms with Crippen LogP contribution in [0.4, 0.5) is 22.0 Å². The Morgan fingerprint density at radius 1 is 0.923 bits per heavy atom. The van der Waals surface area contributed by atoms with Crippen molar-refractivity contribution in [3.63, 3.8) is 0 Å². The maximum absolute atomic E-state index is 14.9. The third-order valence-corrected chi connectivity index (χ3v) is 5.20. The highest BCUT2D eigenvalue weighted by molar-refractivity contribution is 7.25. The summed E-state index contributed by atoms with van der Waals surface area (Å²) >= 11 is 0.725. The normalized spacial score (nSPS) is 16.5. The minimum atomic E-state index is -5.01. The van der Waals surface area contributed by atoms with Gasteiger partial charge in [0.15, 0.2) is 17.9 Å². The third-order valence-electron chi connectivity index (χ3n) is 3.99. The van der Waals surface area contributed by atoms with Crippen molar-refractivity contribution in [2.45, 2.75) is 19.1 Å². The molecular weight excluding hydrogens is 379 g/mol. The van der Waals surface area contributed by atoms with Gasteiger partial charge in [-0.2, -0.15) is 0 Å². The van der Waals surface area contributed by atoms with Gasteiger partial charge < -0.3 is 14.2 Å². The lowest BCUT2D eigenvalue weighted by Gasteiger charge is -2.23. The Balaban J connectivity index is 1.85. The van der Waals surface area contributed by atoms with E-state index in [1.807, 2.05) is 0 Å². The zero-order chi connectivity index (χ0) is 18.5. The van der Waals surface area contributed by atoms with E-state index < -0.39 is 30.0 Å². The van der Waals surface area contributed by atoms with E-state index in [2.05, 4.69) is 4.74 Å². The molecule has 0 aliphatic carbocycles. The minimum Gasteiger partial charge on any atom is -0.403 e. The predicted octanol–water partition coefficient (Wildman–Crippen LogP) is 5.67. The predicted molar refractivity (Wildman–Crippen MR) is 85.2 cm³/mol. The zero-order valence-corrected chi connectivity index (χ0v) is 13.8. The number of halogens is 5. The molecule has 1 aromatic heterocycles. The van der Waals surface area contributed by atoms with E-state index in [1.54, 1.807) is 6.07 Å². The summed E-state index contributed by atoms with van der Waals surface area (Å²) in [6.45, 7) is 0.864. The van der Waals surface area contributed by atoms with Crippen molar-refractivity contribution < 1.29 is 36.2 Å². The summed E-state index contributed by atoms with van der Waals surface area (Å²) in [7, 11) is 0. The number of fused-ring (bicyclic) bond motifs is 3. The molecule has 26 heavy (non-hydrogen) atoms. The molecule has 1 aliphatic heterocycles. The summed E-state index contributed by atoms with van der Waals surface area (Å²) in [6.07, 6.45) is -5.16. The van der Waals surface area contributed by atoms with E-state index in [4.69, 9.17) is 9.47 Å². The van der Waals surface area contributed by atoms with Crippen molar-refractivity contribution in [1.82, 2.24) is 0 Å². The van der Waals surface area contributed by atoms with E-state index in [-0.39, 0.29) is 15.0 Å². The standard InChI is InChI=1S/C17H11F5O3S/c18-12-10(16-23-6-1-7-24-16)3-2-8-9-4-5-11(25-17(20,21)22)13(19)15(9)26-14(8)12/h2-5,16H,1,6-7H2. The molecule has 3 nitrogen and oxygen atoms in total. The largest absolute Gasteiger partial charge is 0.573 e. The fraction of sp³-hybridized carbons (Fsp3) is 0.294. The van der Waals surface area contributed by atoms with Gasteiger partial charge in [0, 0.05) is 16.3 Å². The molecule has 1 fully saturated rings. The number of alkyl halides is 3. The second-order valence-corrected chi connectivity index (χ2v) is 6.70. The summed E-state index contributed by atoms with van der Waals surface area (Å²) in [4.78, 5) is 0. The Bertz CT molecular complexity index is 976. The van der Waals surface area contributed by atoms with Crippen molar-refractivity contribution in [3.8, 4) is 5.75 Å². The first kappa shape index (κ1) is 17.4. The van der Waals surface area contributed by atoms with E-state index >= 15 is 0 Å². The van der Waals surface area contributed by atoms with Crippen molar-refractivity contribution in [2.75, 3.05) is 13.2 Å². The molecule has 1 aliphatic rings. The molecule has 2 aromatic carbocycles. The van der Waals surface area contributed by atoms with Crippen molar-refractivity contribution in [3.05, 3.63) is 41.5 Å². The van der Waals surface area contributed by atoms with Gasteiger partial charge in [-0.3, -0.25) is 0 Å². The summed E-state index contributed by atoms with van der Waals surface area (Å²) in [5.41, 5.74) is 0.177. The average Bonchev–Trinajstić information content (AvgIpc) is 2.98. The van der Waals surface area contributed by atoms with E-state index in [9.17, 15) is 22.0 Å². The Morgan fingerprint density at radius 2 is 1.54 bits per heavy atom. The van der Waals surface area contributed by atoms with Crippen LogP contribution in [0, 0.1) is 11.6 Å². The second-order valence-electron chi connectivity index (χ2n) is 5.68. The molecule has 0 bridgehead atoms. The quantitative estimate of drug-likeness (QED) is 0.528. The highest BCUT2D eigenvalue weighted by atomic mass is 32.1. The first-order valence-corrected chi connectivity index (χ1v) is 8.49. The molecule has 0 spiro atoms. The van der Waals surface area contributed by atoms with Crippen LogP contribution in [0.25, 0.3) is 20.2 Å². The molecule has 0 N–H and O–H groups in total. The molecule has 0 amide bonds. The minimum absolute atomic E-state index is 0.108. The van der Waals surface area contributed by atoms with Crippen LogP contribution in [0.5, 0.6) is 5.75 Å². The first-order valence-electron chi connectivity index (χ1n) is 7.67. The highest BCUT2D eigenvalue weighted by Crippen LogP contribution is 2.42. The fourth-order valence-electron chi connectivity index (χ4n) is 2.89. The molecule has 4 rings (SSSR count). The molecule has 2 heterocycles. The summed E-state index contributed by atoms with van der Waals surface area (Å²) in [6, 6.07) is 5.23. The van der Waals surface area contributed by atoms with Gasteiger partial charge in [0.2, 0.25) is 0 Å². The van der Waals surface area contributed by atoms with E-state index in [1.165, 1.54) is 12.1 Å². The third kappa shape index (κ3) is 3.00. The average molecular weight is 390 g/mol. The van der Waals surface area contributed by atoms with Gasteiger partial charge in [0.05, 0.1) is 22.6 Å². The van der Waals surface area contributed by atoms with Gasteiger partial charge in [0.25, 0.3) is 0 Å². The number of benzene rings is 2. The van der Waals surface area contributed by atoms with Gasteiger partial charge in [-0.1, -0.05) is 12.1 Å². The molecule has 9 heteroatoms. The highest BCUT2D eigenvalue weighted by Gasteiger charge is 2.33. The molecule has 0 radical (unpaired) electrons. The van der Waals surface area contributed by atoms with Gasteiger partial charge in [0.1, 0.15) is 5.82 Å². The number of rotatable bonds is 2. The summed E-state index contributed by atoms with van der Waals surface area (Å²) < 4.78 is 81.0. The number of ether oxygens (including phenoxy) is 3. The van der Waals surface area contributed by atoms with Gasteiger partial charge >= 0.3 is 6.36 Å². The second kappa shape index (κ2) is 6.33. The van der Waals surface area contributed by atoms with Crippen LogP contribution < -0.4 is 4.74 Å². The Morgan fingerprint density at radius 3 is 2.19 bits per heavy atom. The molecule has 0 saturated carbocycles. The number of thiophene rings is 1. The van der Waals surface area contributed by atoms with Gasteiger partial charge in [-0.05, 0) is 18.6 Å². The lowest BCUT2D eigenvalue weighted by Crippen LogP contribution is -2.18. The maximum Gasteiger partial charge on any atom is 0.573 e. The fourth-order valence-corrected chi connectivity index (χ4v) is 4.07. The van der Waals surface area contributed by atoms with Crippen molar-refractivity contribution >= 4 is 31.5 Å². The summed E-state index contributed by atoms with van der Waals surface area (Å²) in [5.74, 6) is -2.75. The Labute approximate surface area is 147 Å². The van der Waals surface area contributed by atoms with Crippen LogP contribution in [0.1, 0.15) is 18.3 Å². The van der Waals surface area contributed by atoms with E-state index in [0.29, 0.717) is 30.4 Å². The zero-order valence-electron chi connectivity index (χ0n) is 13.0. The molecule has 1 saturated heterocycles. The Kier molecular flexibility index (Phi) is 4.25. The molecule has 0 atom stereocenters. The van der Waals surface area contributed by atoms with Crippen LogP contribution in [-0.4, -0.2) is 19.6 Å². The van der Waals surface area contributed by atoms with Crippen LogP contribution in [-0.2, 0) is 9.47 Å². The lowest BCUT2D eigenvalue weighted by molar-refractivity contribution is -0.275. The van der Waals surface area contributed by atoms with Crippen LogP contribution in [0.3, 0.4) is 0 Å². The summed E-state index contributed by atoms with van der Waals surface area (Å²) in [5, 5.41) is 0.715. The lowest BCUT2D eigenvalue weighted by atomic mass is 10.1. The number of hydrogen-bond donors (Lipinski definition) is 0. The molecular formula is C17H11F5O3S. The van der Waals surface area contributed by atoms with Crippen molar-refractivity contribution in [1.29, 1.82) is 0 Å². The van der Waals surface area contributed by atoms with Crippen LogP contribution in [0.2, 0.25) is 0 Å². The van der Waals surface area contributed by atoms with Gasteiger partial charge in [-0.25, -0.2) is 8.78 Å². The molecule has 3 aromatic rings. The number of hydrogen-bond acceptors (Lipinski definition) is 4. The monoisotopic (exact) mass is 390 g/mol. The molecule has 0 unspecified atom stereocenters. The van der Waals surface area contributed by atoms with Gasteiger partial charge in [-0.15, -0.1) is 24.5 Å². The van der Waals surface area contributed by atoms with Crippen molar-refractivity contribution in [2.24, 2.45) is 0 Å². The molecule has 138 valence electrons. The van der Waals surface area contributed by atoms with E-state index in [0.717, 1.165) is 17.4 Å². The smallest absolute Gasteiger partial charge is 0.403 e. The SMILES string of the molecule is Fc1c(OC(F)(F)F)ccc2c1sc1c(F)c(C3OCCCO3)ccc12. The Hall–Kier alpha value is -1.97. The van der Waals surface area contributed by atoms with Crippen LogP contribution >= 0.6 is 11.3 Å². The maximum atomic E-state index is 14.9. The van der Waals surface area contributed by atoms with Crippen LogP contribution in [0.15, 0.2) is 24.3 Å².